The number of carbonyl (C=O) groups is 1. The van der Waals surface area contributed by atoms with E-state index in [-0.39, 0.29) is 11.9 Å². The van der Waals surface area contributed by atoms with Gasteiger partial charge >= 0.3 is 0 Å². The van der Waals surface area contributed by atoms with Crippen LogP contribution in [0.1, 0.15) is 38.6 Å². The second-order valence-electron chi connectivity index (χ2n) is 4.49. The molecule has 0 aromatic carbocycles. The summed E-state index contributed by atoms with van der Waals surface area (Å²) >= 11 is 7.37. The van der Waals surface area contributed by atoms with Gasteiger partial charge in [-0.3, -0.25) is 4.79 Å². The van der Waals surface area contributed by atoms with Crippen molar-refractivity contribution in [1.82, 2.24) is 10.6 Å². The van der Waals surface area contributed by atoms with Crippen molar-refractivity contribution in [2.24, 2.45) is 0 Å². The highest BCUT2D eigenvalue weighted by Crippen LogP contribution is 2.26. The Hall–Kier alpha value is -0.580. The van der Waals surface area contributed by atoms with Gasteiger partial charge in [-0.25, -0.2) is 0 Å². The third-order valence-electron chi connectivity index (χ3n) is 2.55. The number of hydrogen-bond donors (Lipinski definition) is 2. The van der Waals surface area contributed by atoms with Gasteiger partial charge in [-0.1, -0.05) is 18.5 Å². The van der Waals surface area contributed by atoms with Crippen molar-refractivity contribution >= 4 is 28.8 Å². The van der Waals surface area contributed by atoms with E-state index in [0.717, 1.165) is 15.8 Å². The fourth-order valence-corrected chi connectivity index (χ4v) is 2.59. The minimum atomic E-state index is -0.552. The van der Waals surface area contributed by atoms with Crippen LogP contribution < -0.4 is 10.6 Å². The first-order valence-electron chi connectivity index (χ1n) is 5.68. The van der Waals surface area contributed by atoms with Crippen LogP contribution in [0.15, 0.2) is 12.1 Å². The molecule has 2 N–H and O–H groups in total. The summed E-state index contributed by atoms with van der Waals surface area (Å²) < 4.78 is 0.743. The fraction of sp³-hybridized carbons (Fsp3) is 0.583. The minimum absolute atomic E-state index is 0.00336. The molecule has 3 nitrogen and oxygen atoms in total. The Morgan fingerprint density at radius 1 is 1.53 bits per heavy atom. The van der Waals surface area contributed by atoms with E-state index in [1.54, 1.807) is 0 Å². The zero-order chi connectivity index (χ0) is 13.1. The molecule has 0 aliphatic carbocycles. The quantitative estimate of drug-likeness (QED) is 0.867. The minimum Gasteiger partial charge on any atom is -0.347 e. The van der Waals surface area contributed by atoms with E-state index in [1.807, 2.05) is 39.8 Å². The number of halogens is 1. The third kappa shape index (κ3) is 3.98. The number of thiophene rings is 1. The van der Waals surface area contributed by atoms with Crippen molar-refractivity contribution < 1.29 is 4.79 Å². The molecule has 1 amide bonds. The van der Waals surface area contributed by atoms with Crippen molar-refractivity contribution in [2.45, 2.75) is 39.3 Å². The molecule has 17 heavy (non-hydrogen) atoms. The van der Waals surface area contributed by atoms with Gasteiger partial charge in [0.2, 0.25) is 5.91 Å². The Kier molecular flexibility index (Phi) is 4.98. The SMILES string of the molecule is CCNC(C)(C)C(=O)NC(C)c1ccc(Cl)s1. The predicted octanol–water partition coefficient (Wildman–Crippen LogP) is 2.97. The van der Waals surface area contributed by atoms with Crippen molar-refractivity contribution in [3.05, 3.63) is 21.3 Å². The van der Waals surface area contributed by atoms with Crippen LogP contribution in [0.25, 0.3) is 0 Å². The van der Waals surface area contributed by atoms with Crippen LogP contribution in [0, 0.1) is 0 Å². The maximum atomic E-state index is 12.0. The number of amides is 1. The van der Waals surface area contributed by atoms with Crippen LogP contribution in [0.3, 0.4) is 0 Å². The van der Waals surface area contributed by atoms with E-state index in [1.165, 1.54) is 11.3 Å². The number of hydrogen-bond acceptors (Lipinski definition) is 3. The van der Waals surface area contributed by atoms with Gasteiger partial charge in [0, 0.05) is 4.88 Å². The highest BCUT2D eigenvalue weighted by Gasteiger charge is 2.27. The van der Waals surface area contributed by atoms with E-state index in [9.17, 15) is 4.79 Å². The Morgan fingerprint density at radius 3 is 2.65 bits per heavy atom. The summed E-state index contributed by atoms with van der Waals surface area (Å²) in [6, 6.07) is 3.77. The standard InChI is InChI=1S/C12H19ClN2OS/c1-5-14-12(3,4)11(16)15-8(2)9-6-7-10(13)17-9/h6-8,14H,5H2,1-4H3,(H,15,16). The van der Waals surface area contributed by atoms with E-state index >= 15 is 0 Å². The fourth-order valence-electron chi connectivity index (χ4n) is 1.53. The molecule has 0 radical (unpaired) electrons. The normalized spacial score (nSPS) is 13.5. The molecule has 0 aliphatic rings. The highest BCUT2D eigenvalue weighted by atomic mass is 35.5. The van der Waals surface area contributed by atoms with Crippen molar-refractivity contribution in [1.29, 1.82) is 0 Å². The Balaban J connectivity index is 2.63. The average molecular weight is 275 g/mol. The zero-order valence-electron chi connectivity index (χ0n) is 10.6. The van der Waals surface area contributed by atoms with Crippen LogP contribution in [-0.4, -0.2) is 18.0 Å². The molecular weight excluding hydrogens is 256 g/mol. The van der Waals surface area contributed by atoms with Gasteiger partial charge in [-0.2, -0.15) is 0 Å². The zero-order valence-corrected chi connectivity index (χ0v) is 12.2. The highest BCUT2D eigenvalue weighted by molar-refractivity contribution is 7.16. The van der Waals surface area contributed by atoms with Gasteiger partial charge in [-0.05, 0) is 39.4 Å². The monoisotopic (exact) mass is 274 g/mol. The van der Waals surface area contributed by atoms with E-state index in [4.69, 9.17) is 11.6 Å². The van der Waals surface area contributed by atoms with Crippen LogP contribution in [0.2, 0.25) is 4.34 Å². The van der Waals surface area contributed by atoms with Gasteiger partial charge < -0.3 is 10.6 Å². The summed E-state index contributed by atoms with van der Waals surface area (Å²) in [6.07, 6.45) is 0. The predicted molar refractivity (Wildman–Crippen MR) is 73.6 cm³/mol. The molecule has 1 aromatic heterocycles. The molecule has 1 rings (SSSR count). The molecule has 1 heterocycles. The summed E-state index contributed by atoms with van der Waals surface area (Å²) in [7, 11) is 0. The summed E-state index contributed by atoms with van der Waals surface area (Å²) in [5.74, 6) is -0.00336. The van der Waals surface area contributed by atoms with Crippen LogP contribution in [-0.2, 0) is 4.79 Å². The van der Waals surface area contributed by atoms with Crippen molar-refractivity contribution in [3.63, 3.8) is 0 Å². The maximum absolute atomic E-state index is 12.0. The van der Waals surface area contributed by atoms with E-state index < -0.39 is 5.54 Å². The maximum Gasteiger partial charge on any atom is 0.240 e. The smallest absolute Gasteiger partial charge is 0.240 e. The number of nitrogens with one attached hydrogen (secondary N) is 2. The first-order valence-corrected chi connectivity index (χ1v) is 6.87. The summed E-state index contributed by atoms with van der Waals surface area (Å²) in [5, 5.41) is 6.13. The molecule has 96 valence electrons. The summed E-state index contributed by atoms with van der Waals surface area (Å²) in [6.45, 7) is 8.46. The van der Waals surface area contributed by atoms with Crippen LogP contribution in [0.4, 0.5) is 0 Å². The molecule has 5 heteroatoms. The van der Waals surface area contributed by atoms with Crippen molar-refractivity contribution in [2.75, 3.05) is 6.54 Å². The molecule has 0 aliphatic heterocycles. The van der Waals surface area contributed by atoms with E-state index in [2.05, 4.69) is 10.6 Å². The Bertz CT molecular complexity index is 390. The van der Waals surface area contributed by atoms with Crippen molar-refractivity contribution in [3.8, 4) is 0 Å². The lowest BCUT2D eigenvalue weighted by atomic mass is 10.0. The first kappa shape index (κ1) is 14.5. The van der Waals surface area contributed by atoms with Gasteiger partial charge in [-0.15, -0.1) is 11.3 Å². The summed E-state index contributed by atoms with van der Waals surface area (Å²) in [4.78, 5) is 13.1. The number of likely N-dealkylation sites (N-methyl/N-ethyl adjacent to an activating group) is 1. The molecule has 0 spiro atoms. The lowest BCUT2D eigenvalue weighted by Gasteiger charge is -2.26. The number of rotatable bonds is 5. The molecule has 0 saturated carbocycles. The van der Waals surface area contributed by atoms with Gasteiger partial charge in [0.1, 0.15) is 0 Å². The third-order valence-corrected chi connectivity index (χ3v) is 3.97. The molecule has 1 atom stereocenters. The lowest BCUT2D eigenvalue weighted by molar-refractivity contribution is -0.127. The second-order valence-corrected chi connectivity index (χ2v) is 6.24. The molecule has 0 bridgehead atoms. The topological polar surface area (TPSA) is 41.1 Å². The Labute approximate surface area is 112 Å². The van der Waals surface area contributed by atoms with Crippen LogP contribution >= 0.6 is 22.9 Å². The lowest BCUT2D eigenvalue weighted by Crippen LogP contribution is -2.52. The largest absolute Gasteiger partial charge is 0.347 e. The summed E-state index contributed by atoms with van der Waals surface area (Å²) in [5.41, 5.74) is -0.552. The first-order chi connectivity index (χ1) is 7.86. The average Bonchev–Trinajstić information content (AvgIpc) is 2.64. The van der Waals surface area contributed by atoms with Gasteiger partial charge in [0.25, 0.3) is 0 Å². The molecule has 1 unspecified atom stereocenters. The second kappa shape index (κ2) is 5.85. The molecule has 1 aromatic rings. The Morgan fingerprint density at radius 2 is 2.18 bits per heavy atom. The molecular formula is C12H19ClN2OS. The molecule has 0 fully saturated rings. The van der Waals surface area contributed by atoms with Gasteiger partial charge in [0.05, 0.1) is 15.9 Å². The molecule has 0 saturated heterocycles. The van der Waals surface area contributed by atoms with Crippen LogP contribution in [0.5, 0.6) is 0 Å². The van der Waals surface area contributed by atoms with Gasteiger partial charge in [0.15, 0.2) is 0 Å². The van der Waals surface area contributed by atoms with E-state index in [0.29, 0.717) is 0 Å². The number of carbonyl (C=O) groups excluding carboxylic acids is 1.